The van der Waals surface area contributed by atoms with E-state index in [1.54, 1.807) is 0 Å². The van der Waals surface area contributed by atoms with Crippen molar-refractivity contribution in [3.05, 3.63) is 40.4 Å². The van der Waals surface area contributed by atoms with E-state index in [9.17, 15) is 0 Å². The molecule has 2 nitrogen and oxygen atoms in total. The van der Waals surface area contributed by atoms with Gasteiger partial charge in [-0.25, -0.2) is 4.98 Å². The summed E-state index contributed by atoms with van der Waals surface area (Å²) >= 11 is 1.48. The lowest BCUT2D eigenvalue weighted by Gasteiger charge is -1.98. The van der Waals surface area contributed by atoms with E-state index >= 15 is 0 Å². The zero-order chi connectivity index (χ0) is 12.3. The Kier molecular flexibility index (Phi) is 3.55. The molecule has 17 heavy (non-hydrogen) atoms. The smallest absolute Gasteiger partial charge is 0.128 e. The minimum atomic E-state index is 0.738. The molecular formula is C14H14N2S. The van der Waals surface area contributed by atoms with Gasteiger partial charge in [0, 0.05) is 5.56 Å². The first-order valence-corrected chi connectivity index (χ1v) is 6.59. The van der Waals surface area contributed by atoms with Crippen LogP contribution in [0.4, 0.5) is 0 Å². The van der Waals surface area contributed by atoms with Gasteiger partial charge in [0.25, 0.3) is 0 Å². The Balaban J connectivity index is 2.39. The molecule has 1 aromatic carbocycles. The van der Waals surface area contributed by atoms with Crippen LogP contribution in [0.25, 0.3) is 10.6 Å². The summed E-state index contributed by atoms with van der Waals surface area (Å²) in [5, 5.41) is 9.96. The number of aryl methyl sites for hydroxylation is 2. The summed E-state index contributed by atoms with van der Waals surface area (Å²) in [4.78, 5) is 5.26. The van der Waals surface area contributed by atoms with Gasteiger partial charge in [0.2, 0.25) is 0 Å². The Bertz CT molecular complexity index is 547. The molecule has 0 radical (unpaired) electrons. The quantitative estimate of drug-likeness (QED) is 0.820. The SMILES string of the molecule is CCc1ccc(-c2nc(CC)c(C#N)s2)cc1. The summed E-state index contributed by atoms with van der Waals surface area (Å²) in [6.07, 6.45) is 1.86. The van der Waals surface area contributed by atoms with Crippen LogP contribution in [0.15, 0.2) is 24.3 Å². The zero-order valence-corrected chi connectivity index (χ0v) is 10.8. The van der Waals surface area contributed by atoms with Crippen LogP contribution in [0, 0.1) is 11.3 Å². The highest BCUT2D eigenvalue weighted by Gasteiger charge is 2.10. The topological polar surface area (TPSA) is 36.7 Å². The normalized spacial score (nSPS) is 10.2. The van der Waals surface area contributed by atoms with Crippen molar-refractivity contribution in [1.82, 2.24) is 4.98 Å². The van der Waals surface area contributed by atoms with Crippen molar-refractivity contribution in [1.29, 1.82) is 5.26 Å². The third-order valence-corrected chi connectivity index (χ3v) is 3.79. The van der Waals surface area contributed by atoms with E-state index in [2.05, 4.69) is 42.2 Å². The molecule has 1 aromatic heterocycles. The van der Waals surface area contributed by atoms with Gasteiger partial charge in [-0.15, -0.1) is 11.3 Å². The first-order valence-electron chi connectivity index (χ1n) is 5.77. The lowest BCUT2D eigenvalue weighted by molar-refractivity contribution is 1.06. The Morgan fingerprint density at radius 3 is 2.35 bits per heavy atom. The summed E-state index contributed by atoms with van der Waals surface area (Å²) in [5.41, 5.74) is 3.33. The molecule has 0 atom stereocenters. The molecule has 0 bridgehead atoms. The second kappa shape index (κ2) is 5.11. The molecule has 0 N–H and O–H groups in total. The summed E-state index contributed by atoms with van der Waals surface area (Å²) in [6, 6.07) is 10.6. The molecule has 86 valence electrons. The number of benzene rings is 1. The highest BCUT2D eigenvalue weighted by molar-refractivity contribution is 7.15. The molecule has 1 heterocycles. The van der Waals surface area contributed by atoms with Gasteiger partial charge in [-0.1, -0.05) is 38.1 Å². The van der Waals surface area contributed by atoms with E-state index in [0.29, 0.717) is 0 Å². The van der Waals surface area contributed by atoms with E-state index in [-0.39, 0.29) is 0 Å². The highest BCUT2D eigenvalue weighted by atomic mass is 32.1. The molecule has 0 amide bonds. The molecule has 0 unspecified atom stereocenters. The standard InChI is InChI=1S/C14H14N2S/c1-3-10-5-7-11(8-6-10)14-16-12(4-2)13(9-15)17-14/h5-8H,3-4H2,1-2H3. The van der Waals surface area contributed by atoms with Crippen LogP contribution in [0.2, 0.25) is 0 Å². The number of thiazole rings is 1. The van der Waals surface area contributed by atoms with Crippen molar-refractivity contribution < 1.29 is 0 Å². The fraction of sp³-hybridized carbons (Fsp3) is 0.286. The highest BCUT2D eigenvalue weighted by Crippen LogP contribution is 2.28. The molecule has 0 aliphatic carbocycles. The number of hydrogen-bond donors (Lipinski definition) is 0. The number of aromatic nitrogens is 1. The van der Waals surface area contributed by atoms with Crippen LogP contribution in [0.5, 0.6) is 0 Å². The summed E-state index contributed by atoms with van der Waals surface area (Å²) in [7, 11) is 0. The van der Waals surface area contributed by atoms with E-state index in [1.807, 2.05) is 6.92 Å². The average Bonchev–Trinajstić information content (AvgIpc) is 2.82. The van der Waals surface area contributed by atoms with E-state index in [1.165, 1.54) is 16.9 Å². The molecule has 0 fully saturated rings. The molecule has 0 spiro atoms. The van der Waals surface area contributed by atoms with Crippen LogP contribution in [0.1, 0.15) is 30.0 Å². The molecule has 3 heteroatoms. The Hall–Kier alpha value is -1.66. The molecule has 2 rings (SSSR count). The third kappa shape index (κ3) is 2.37. The fourth-order valence-corrected chi connectivity index (χ4v) is 2.64. The van der Waals surface area contributed by atoms with Crippen molar-refractivity contribution >= 4 is 11.3 Å². The van der Waals surface area contributed by atoms with E-state index in [4.69, 9.17) is 5.26 Å². The lowest BCUT2D eigenvalue weighted by atomic mass is 10.1. The Morgan fingerprint density at radius 1 is 1.18 bits per heavy atom. The van der Waals surface area contributed by atoms with Crippen LogP contribution in [0.3, 0.4) is 0 Å². The van der Waals surface area contributed by atoms with Gasteiger partial charge >= 0.3 is 0 Å². The van der Waals surface area contributed by atoms with Gasteiger partial charge in [-0.2, -0.15) is 5.26 Å². The predicted molar refractivity (Wildman–Crippen MR) is 71.0 cm³/mol. The van der Waals surface area contributed by atoms with Crippen LogP contribution in [-0.2, 0) is 12.8 Å². The van der Waals surface area contributed by atoms with Gasteiger partial charge in [0.15, 0.2) is 0 Å². The third-order valence-electron chi connectivity index (χ3n) is 2.74. The molecular weight excluding hydrogens is 228 g/mol. The Labute approximate surface area is 106 Å². The molecule has 0 saturated carbocycles. The maximum Gasteiger partial charge on any atom is 0.128 e. The summed E-state index contributed by atoms with van der Waals surface area (Å²) in [6.45, 7) is 4.17. The van der Waals surface area contributed by atoms with Crippen LogP contribution in [-0.4, -0.2) is 4.98 Å². The first-order chi connectivity index (χ1) is 8.28. The minimum Gasteiger partial charge on any atom is -0.240 e. The van der Waals surface area contributed by atoms with Crippen molar-refractivity contribution in [2.24, 2.45) is 0 Å². The fourth-order valence-electron chi connectivity index (χ4n) is 1.69. The second-order valence-corrected chi connectivity index (χ2v) is 4.81. The van der Waals surface area contributed by atoms with Gasteiger partial charge in [-0.3, -0.25) is 0 Å². The van der Waals surface area contributed by atoms with Crippen molar-refractivity contribution in [3.8, 4) is 16.6 Å². The largest absolute Gasteiger partial charge is 0.240 e. The van der Waals surface area contributed by atoms with E-state index in [0.717, 1.165) is 34.0 Å². The maximum atomic E-state index is 9.01. The van der Waals surface area contributed by atoms with Gasteiger partial charge < -0.3 is 0 Å². The van der Waals surface area contributed by atoms with Crippen LogP contribution < -0.4 is 0 Å². The molecule has 0 aliphatic heterocycles. The number of nitrogens with zero attached hydrogens (tertiary/aromatic N) is 2. The summed E-state index contributed by atoms with van der Waals surface area (Å²) in [5.74, 6) is 0. The second-order valence-electron chi connectivity index (χ2n) is 3.81. The Morgan fingerprint density at radius 2 is 1.88 bits per heavy atom. The predicted octanol–water partition coefficient (Wildman–Crippen LogP) is 3.81. The molecule has 0 saturated heterocycles. The van der Waals surface area contributed by atoms with E-state index < -0.39 is 0 Å². The van der Waals surface area contributed by atoms with Crippen LogP contribution >= 0.6 is 11.3 Å². The first kappa shape index (κ1) is 11.8. The number of nitriles is 1. The summed E-state index contributed by atoms with van der Waals surface area (Å²) < 4.78 is 0. The van der Waals surface area contributed by atoms with Crippen molar-refractivity contribution in [2.75, 3.05) is 0 Å². The zero-order valence-electron chi connectivity index (χ0n) is 10.0. The lowest BCUT2D eigenvalue weighted by Crippen LogP contribution is -1.84. The molecule has 2 aromatic rings. The number of hydrogen-bond acceptors (Lipinski definition) is 3. The molecule has 0 aliphatic rings. The van der Waals surface area contributed by atoms with Gasteiger partial charge in [-0.05, 0) is 18.4 Å². The minimum absolute atomic E-state index is 0.738. The number of rotatable bonds is 3. The van der Waals surface area contributed by atoms with Crippen molar-refractivity contribution in [2.45, 2.75) is 26.7 Å². The average molecular weight is 242 g/mol. The van der Waals surface area contributed by atoms with Gasteiger partial charge in [0.1, 0.15) is 16.0 Å². The maximum absolute atomic E-state index is 9.01. The van der Waals surface area contributed by atoms with Gasteiger partial charge in [0.05, 0.1) is 5.69 Å². The van der Waals surface area contributed by atoms with Crippen molar-refractivity contribution in [3.63, 3.8) is 0 Å². The monoisotopic (exact) mass is 242 g/mol.